The van der Waals surface area contributed by atoms with Gasteiger partial charge in [0.1, 0.15) is 6.04 Å². The van der Waals surface area contributed by atoms with Crippen LogP contribution in [0.2, 0.25) is 0 Å². The van der Waals surface area contributed by atoms with Crippen LogP contribution in [0.1, 0.15) is 13.3 Å². The van der Waals surface area contributed by atoms with Gasteiger partial charge in [-0.15, -0.1) is 0 Å². The maximum atomic E-state index is 10.9. The van der Waals surface area contributed by atoms with E-state index >= 15 is 0 Å². The average molecular weight is 229 g/mol. The fraction of sp³-hybridized carbons (Fsp3) is 0.909. The third-order valence-corrected chi connectivity index (χ3v) is 3.42. The Morgan fingerprint density at radius 2 is 2.25 bits per heavy atom. The minimum atomic E-state index is -0.769. The standard InChI is InChI=1S/C11H23N3O2/c1-4-9-7-14(6-5-13(9)3)8-10(12-2)11(15)16/h9-10,12H,4-8H2,1-3H3,(H,15,16). The molecule has 1 heterocycles. The first kappa shape index (κ1) is 13.4. The topological polar surface area (TPSA) is 55.8 Å². The van der Waals surface area contributed by atoms with Crippen molar-refractivity contribution in [3.05, 3.63) is 0 Å². The Morgan fingerprint density at radius 1 is 1.56 bits per heavy atom. The Morgan fingerprint density at radius 3 is 2.75 bits per heavy atom. The molecule has 16 heavy (non-hydrogen) atoms. The minimum absolute atomic E-state index is 0.457. The lowest BCUT2D eigenvalue weighted by molar-refractivity contribution is -0.140. The first-order valence-electron chi connectivity index (χ1n) is 5.91. The molecular formula is C11H23N3O2. The fourth-order valence-corrected chi connectivity index (χ4v) is 2.17. The van der Waals surface area contributed by atoms with Crippen molar-refractivity contribution in [2.75, 3.05) is 40.3 Å². The number of nitrogens with one attached hydrogen (secondary N) is 1. The van der Waals surface area contributed by atoms with Gasteiger partial charge in [0.05, 0.1) is 0 Å². The molecule has 2 atom stereocenters. The van der Waals surface area contributed by atoms with Crippen molar-refractivity contribution >= 4 is 5.97 Å². The van der Waals surface area contributed by atoms with Crippen LogP contribution >= 0.6 is 0 Å². The summed E-state index contributed by atoms with van der Waals surface area (Å²) in [5, 5.41) is 11.8. The van der Waals surface area contributed by atoms with Crippen molar-refractivity contribution < 1.29 is 9.90 Å². The lowest BCUT2D eigenvalue weighted by atomic mass is 10.1. The van der Waals surface area contributed by atoms with Crippen LogP contribution in [0.25, 0.3) is 0 Å². The molecule has 0 aromatic rings. The largest absolute Gasteiger partial charge is 0.480 e. The lowest BCUT2D eigenvalue weighted by Crippen LogP contribution is -2.55. The highest BCUT2D eigenvalue weighted by molar-refractivity contribution is 5.73. The second-order valence-corrected chi connectivity index (χ2v) is 4.48. The summed E-state index contributed by atoms with van der Waals surface area (Å²) in [6, 6.07) is 0.0981. The maximum Gasteiger partial charge on any atom is 0.322 e. The summed E-state index contributed by atoms with van der Waals surface area (Å²) in [6.45, 7) is 5.72. The quantitative estimate of drug-likeness (QED) is 0.677. The molecule has 0 saturated carbocycles. The predicted octanol–water partition coefficient (Wildman–Crippen LogP) is -0.315. The van der Waals surface area contributed by atoms with E-state index < -0.39 is 12.0 Å². The van der Waals surface area contributed by atoms with Crippen LogP contribution in [-0.2, 0) is 4.79 Å². The molecule has 2 N–H and O–H groups in total. The number of aliphatic carboxylic acids is 1. The Bertz CT molecular complexity index is 235. The smallest absolute Gasteiger partial charge is 0.322 e. The Labute approximate surface area is 97.4 Å². The number of rotatable bonds is 5. The normalized spacial score (nSPS) is 25.6. The summed E-state index contributed by atoms with van der Waals surface area (Å²) >= 11 is 0. The summed E-state index contributed by atoms with van der Waals surface area (Å²) < 4.78 is 0. The minimum Gasteiger partial charge on any atom is -0.480 e. The summed E-state index contributed by atoms with van der Waals surface area (Å²) in [6.07, 6.45) is 1.12. The molecule has 1 aliphatic rings. The van der Waals surface area contributed by atoms with Crippen molar-refractivity contribution in [1.82, 2.24) is 15.1 Å². The van der Waals surface area contributed by atoms with Gasteiger partial charge in [-0.1, -0.05) is 6.92 Å². The summed E-state index contributed by atoms with van der Waals surface area (Å²) in [5.74, 6) is -0.769. The van der Waals surface area contributed by atoms with Gasteiger partial charge in [0.2, 0.25) is 0 Å². The van der Waals surface area contributed by atoms with E-state index in [-0.39, 0.29) is 0 Å². The molecule has 1 fully saturated rings. The van der Waals surface area contributed by atoms with Gasteiger partial charge in [-0.2, -0.15) is 0 Å². The van der Waals surface area contributed by atoms with E-state index in [1.54, 1.807) is 7.05 Å². The number of carbonyl (C=O) groups is 1. The first-order valence-corrected chi connectivity index (χ1v) is 5.91. The van der Waals surface area contributed by atoms with Crippen molar-refractivity contribution in [2.24, 2.45) is 0 Å². The molecule has 0 bridgehead atoms. The number of piperazine rings is 1. The number of carboxylic acids is 1. The molecule has 1 saturated heterocycles. The molecule has 1 aliphatic heterocycles. The third kappa shape index (κ3) is 3.43. The summed E-state index contributed by atoms with van der Waals surface area (Å²) in [4.78, 5) is 15.5. The lowest BCUT2D eigenvalue weighted by Gasteiger charge is -2.39. The number of likely N-dealkylation sites (N-methyl/N-ethyl adjacent to an activating group) is 2. The number of hydrogen-bond donors (Lipinski definition) is 2. The second kappa shape index (κ2) is 6.18. The van der Waals surface area contributed by atoms with Gasteiger partial charge in [-0.25, -0.2) is 0 Å². The Balaban J connectivity index is 2.46. The van der Waals surface area contributed by atoms with Gasteiger partial charge < -0.3 is 15.3 Å². The monoisotopic (exact) mass is 229 g/mol. The van der Waals surface area contributed by atoms with Gasteiger partial charge in [0.25, 0.3) is 0 Å². The van der Waals surface area contributed by atoms with Crippen LogP contribution in [0, 0.1) is 0 Å². The van der Waals surface area contributed by atoms with E-state index in [0.29, 0.717) is 12.6 Å². The van der Waals surface area contributed by atoms with Gasteiger partial charge in [-0.05, 0) is 20.5 Å². The van der Waals surface area contributed by atoms with Crippen molar-refractivity contribution in [3.8, 4) is 0 Å². The van der Waals surface area contributed by atoms with Gasteiger partial charge in [-0.3, -0.25) is 9.69 Å². The van der Waals surface area contributed by atoms with E-state index in [4.69, 9.17) is 5.11 Å². The van der Waals surface area contributed by atoms with Crippen molar-refractivity contribution in [1.29, 1.82) is 0 Å². The van der Waals surface area contributed by atoms with Crippen LogP contribution in [0.3, 0.4) is 0 Å². The van der Waals surface area contributed by atoms with Crippen molar-refractivity contribution in [3.63, 3.8) is 0 Å². The van der Waals surface area contributed by atoms with E-state index in [1.807, 2.05) is 0 Å². The van der Waals surface area contributed by atoms with E-state index in [2.05, 4.69) is 29.1 Å². The van der Waals surface area contributed by atoms with E-state index in [0.717, 1.165) is 26.1 Å². The molecule has 0 aromatic heterocycles. The average Bonchev–Trinajstić information content (AvgIpc) is 2.27. The zero-order chi connectivity index (χ0) is 12.1. The van der Waals surface area contributed by atoms with E-state index in [9.17, 15) is 4.79 Å². The van der Waals surface area contributed by atoms with Crippen LogP contribution in [0.5, 0.6) is 0 Å². The van der Waals surface area contributed by atoms with Crippen LogP contribution in [0.15, 0.2) is 0 Å². The molecule has 0 aliphatic carbocycles. The van der Waals surface area contributed by atoms with Crippen LogP contribution < -0.4 is 5.32 Å². The molecule has 0 radical (unpaired) electrons. The van der Waals surface area contributed by atoms with Gasteiger partial charge >= 0.3 is 5.97 Å². The molecule has 94 valence electrons. The second-order valence-electron chi connectivity index (χ2n) is 4.48. The molecule has 5 nitrogen and oxygen atoms in total. The molecule has 0 spiro atoms. The molecule has 5 heteroatoms. The predicted molar refractivity (Wildman–Crippen MR) is 63.6 cm³/mol. The zero-order valence-electron chi connectivity index (χ0n) is 10.4. The maximum absolute atomic E-state index is 10.9. The van der Waals surface area contributed by atoms with Crippen molar-refractivity contribution in [2.45, 2.75) is 25.4 Å². The number of carboxylic acid groups (broad SMARTS) is 1. The molecule has 0 amide bonds. The zero-order valence-corrected chi connectivity index (χ0v) is 10.4. The van der Waals surface area contributed by atoms with Crippen LogP contribution in [0.4, 0.5) is 0 Å². The highest BCUT2D eigenvalue weighted by Crippen LogP contribution is 2.10. The van der Waals surface area contributed by atoms with Gasteiger partial charge in [0.15, 0.2) is 0 Å². The highest BCUT2D eigenvalue weighted by Gasteiger charge is 2.26. The van der Waals surface area contributed by atoms with Gasteiger partial charge in [0, 0.05) is 32.2 Å². The Kier molecular flexibility index (Phi) is 5.18. The highest BCUT2D eigenvalue weighted by atomic mass is 16.4. The first-order chi connectivity index (χ1) is 7.58. The number of nitrogens with zero attached hydrogens (tertiary/aromatic N) is 2. The van der Waals surface area contributed by atoms with Crippen LogP contribution in [-0.4, -0.2) is 73.2 Å². The summed E-state index contributed by atoms with van der Waals surface area (Å²) in [7, 11) is 3.84. The molecular weight excluding hydrogens is 206 g/mol. The number of hydrogen-bond acceptors (Lipinski definition) is 4. The Hall–Kier alpha value is -0.650. The van der Waals surface area contributed by atoms with E-state index in [1.165, 1.54) is 0 Å². The molecule has 2 unspecified atom stereocenters. The summed E-state index contributed by atoms with van der Waals surface area (Å²) in [5.41, 5.74) is 0. The third-order valence-electron chi connectivity index (χ3n) is 3.42. The molecule has 1 rings (SSSR count). The fourth-order valence-electron chi connectivity index (χ4n) is 2.17. The SMILES string of the molecule is CCC1CN(CC(NC)C(=O)O)CCN1C. The molecule has 0 aromatic carbocycles.